The van der Waals surface area contributed by atoms with Crippen LogP contribution in [0.4, 0.5) is 11.4 Å². The second-order valence-electron chi connectivity index (χ2n) is 9.40. The van der Waals surface area contributed by atoms with E-state index < -0.39 is 10.0 Å². The maximum Gasteiger partial charge on any atom is 0.132 e. The van der Waals surface area contributed by atoms with Crippen molar-refractivity contribution in [2.45, 2.75) is 77.7 Å². The highest BCUT2D eigenvalue weighted by Gasteiger charge is 2.19. The van der Waals surface area contributed by atoms with Crippen LogP contribution < -0.4 is 4.48 Å². The summed E-state index contributed by atoms with van der Waals surface area (Å²) in [5, 5.41) is 0. The maximum atomic E-state index is 12.4. The van der Waals surface area contributed by atoms with Crippen LogP contribution in [0.5, 0.6) is 0 Å². The van der Waals surface area contributed by atoms with E-state index >= 15 is 0 Å². The number of hydrogen-bond donors (Lipinski definition) is 0. The van der Waals surface area contributed by atoms with Crippen molar-refractivity contribution in [3.05, 3.63) is 64.9 Å². The lowest BCUT2D eigenvalue weighted by molar-refractivity contribution is 0.392. The smallest absolute Gasteiger partial charge is 0.132 e. The predicted octanol–water partition coefficient (Wildman–Crippen LogP) is 8.29. The Labute approximate surface area is 213 Å². The highest BCUT2D eigenvalue weighted by atomic mass is 79.9. The van der Waals surface area contributed by atoms with E-state index in [1.165, 1.54) is 50.5 Å². The molecule has 2 aromatic rings. The first kappa shape index (κ1) is 29.7. The lowest BCUT2D eigenvalue weighted by Gasteiger charge is -2.30. The topological polar surface area (TPSA) is 48.2 Å². The average Bonchev–Trinajstić information content (AvgIpc) is 2.75. The molecule has 4 nitrogen and oxygen atoms in total. The highest BCUT2D eigenvalue weighted by molar-refractivity contribution is 8.93. The molecule has 0 atom stereocenters. The minimum atomic E-state index is -3.42. The minimum absolute atomic E-state index is 0. The summed E-state index contributed by atoms with van der Waals surface area (Å²) >= 11 is 0. The summed E-state index contributed by atoms with van der Waals surface area (Å²) in [6.07, 6.45) is 11.9. The van der Waals surface area contributed by atoms with Crippen molar-refractivity contribution in [2.75, 3.05) is 19.8 Å². The number of hydrogen-bond acceptors (Lipinski definition) is 2. The number of unbranched alkanes of at least 4 members (excludes halogenated alkanes) is 9. The van der Waals surface area contributed by atoms with Gasteiger partial charge >= 0.3 is 0 Å². The van der Waals surface area contributed by atoms with Crippen LogP contribution in [0.2, 0.25) is 0 Å². The van der Waals surface area contributed by atoms with Crippen LogP contribution in [0, 0.1) is 0 Å². The molecule has 0 amide bonds. The van der Waals surface area contributed by atoms with Crippen molar-refractivity contribution in [1.29, 1.82) is 0 Å². The molecule has 0 aliphatic rings. The van der Waals surface area contributed by atoms with Crippen LogP contribution in [0.1, 0.15) is 76.7 Å². The van der Waals surface area contributed by atoms with E-state index in [1.54, 1.807) is 0 Å². The molecule has 186 valence electrons. The Morgan fingerprint density at radius 2 is 1.24 bits per heavy atom. The first-order valence-electron chi connectivity index (χ1n) is 12.3. The summed E-state index contributed by atoms with van der Waals surface area (Å²) in [5.74, 6) is 0.140. The van der Waals surface area contributed by atoms with E-state index in [2.05, 4.69) is 50.0 Å². The summed E-state index contributed by atoms with van der Waals surface area (Å²) < 4.78 is 29.5. The molecule has 6 heteroatoms. The molecule has 0 unspecified atom stereocenters. The third-order valence-electron chi connectivity index (χ3n) is 5.97. The fraction of sp³-hybridized carbons (Fsp3) is 0.556. The number of sulfonamides is 1. The molecule has 0 aromatic heterocycles. The Kier molecular flexibility index (Phi) is 13.9. The van der Waals surface area contributed by atoms with Gasteiger partial charge in [0.2, 0.25) is 0 Å². The van der Waals surface area contributed by atoms with Gasteiger partial charge in [0.15, 0.2) is 0 Å². The minimum Gasteiger partial charge on any atom is -0.577 e. The number of quaternary nitrogens is 1. The third kappa shape index (κ3) is 12.1. The van der Waals surface area contributed by atoms with Gasteiger partial charge in [-0.05, 0) is 18.6 Å². The van der Waals surface area contributed by atoms with E-state index in [9.17, 15) is 8.42 Å². The summed E-state index contributed by atoms with van der Waals surface area (Å²) in [5.41, 5.74) is 2.91. The average molecular weight is 540 g/mol. The molecular formula is C27H43BrN2O2S. The zero-order chi connectivity index (χ0) is 23.3. The van der Waals surface area contributed by atoms with Crippen molar-refractivity contribution >= 4 is 38.4 Å². The highest BCUT2D eigenvalue weighted by Crippen LogP contribution is 2.29. The van der Waals surface area contributed by atoms with Crippen LogP contribution in [0.15, 0.2) is 54.6 Å². The quantitative estimate of drug-likeness (QED) is 0.159. The summed E-state index contributed by atoms with van der Waals surface area (Å²) in [4.78, 5) is 0. The van der Waals surface area contributed by atoms with Gasteiger partial charge in [0.25, 0.3) is 0 Å². The predicted molar refractivity (Wildman–Crippen MR) is 149 cm³/mol. The SMILES string of the molecule is Br.CCCCCCCCCCCCS(=O)(=O)[N-]c1ccc([N+](C)(C)Cc2ccccc2)cc1. The Morgan fingerprint density at radius 3 is 1.79 bits per heavy atom. The largest absolute Gasteiger partial charge is 0.577 e. The van der Waals surface area contributed by atoms with Gasteiger partial charge in [0.1, 0.15) is 12.2 Å². The fourth-order valence-electron chi connectivity index (χ4n) is 4.03. The van der Waals surface area contributed by atoms with Gasteiger partial charge in [-0.25, -0.2) is 8.42 Å². The fourth-order valence-corrected chi connectivity index (χ4v) is 5.13. The zero-order valence-corrected chi connectivity index (χ0v) is 23.2. The normalized spacial score (nSPS) is 11.7. The number of rotatable bonds is 16. The molecular weight excluding hydrogens is 496 g/mol. The third-order valence-corrected chi connectivity index (χ3v) is 7.26. The maximum absolute atomic E-state index is 12.4. The van der Waals surface area contributed by atoms with E-state index in [0.29, 0.717) is 16.6 Å². The molecule has 0 spiro atoms. The van der Waals surface area contributed by atoms with E-state index in [1.807, 2.05) is 30.3 Å². The van der Waals surface area contributed by atoms with Gasteiger partial charge in [-0.15, -0.1) is 22.7 Å². The number of halogens is 1. The summed E-state index contributed by atoms with van der Waals surface area (Å²) in [6, 6.07) is 18.0. The monoisotopic (exact) mass is 538 g/mol. The number of nitrogens with zero attached hydrogens (tertiary/aromatic N) is 2. The second-order valence-corrected chi connectivity index (χ2v) is 11.2. The van der Waals surface area contributed by atoms with Gasteiger partial charge in [0.05, 0.1) is 24.1 Å². The summed E-state index contributed by atoms with van der Waals surface area (Å²) in [7, 11) is 0.888. The molecule has 0 N–H and O–H groups in total. The van der Waals surface area contributed by atoms with Gasteiger partial charge < -0.3 is 4.72 Å². The standard InChI is InChI=1S/C27H42N2O2S.BrH/c1-4-5-6-7-8-9-10-11-12-16-23-32(30,31)28-26-19-21-27(22-20-26)29(2,3)24-25-17-14-13-15-18-25;/h13-15,17-22H,4-12,16,23-24H2,1-3H3;1H. The summed E-state index contributed by atoms with van der Waals surface area (Å²) in [6.45, 7) is 3.11. The molecule has 0 aliphatic carbocycles. The molecule has 33 heavy (non-hydrogen) atoms. The van der Waals surface area contributed by atoms with Crippen molar-refractivity contribution in [1.82, 2.24) is 4.48 Å². The van der Waals surface area contributed by atoms with Crippen molar-refractivity contribution in [3.63, 3.8) is 0 Å². The Balaban J connectivity index is 0.00000544. The van der Waals surface area contributed by atoms with Gasteiger partial charge in [-0.1, -0.05) is 107 Å². The Hall–Kier alpha value is -1.37. The molecule has 0 radical (unpaired) electrons. The first-order valence-corrected chi connectivity index (χ1v) is 13.9. The molecule has 2 rings (SSSR count). The second kappa shape index (κ2) is 15.5. The molecule has 2 aromatic carbocycles. The molecule has 0 bridgehead atoms. The Morgan fingerprint density at radius 1 is 0.727 bits per heavy atom. The van der Waals surface area contributed by atoms with Crippen molar-refractivity contribution in [3.8, 4) is 0 Å². The molecule has 0 fully saturated rings. The van der Waals surface area contributed by atoms with Crippen LogP contribution in [0.25, 0.3) is 4.72 Å². The molecule has 0 saturated carbocycles. The van der Waals surface area contributed by atoms with Crippen LogP contribution in [0.3, 0.4) is 0 Å². The Bertz CT molecular complexity index is 869. The van der Waals surface area contributed by atoms with E-state index in [0.717, 1.165) is 25.1 Å². The molecule has 0 aliphatic heterocycles. The van der Waals surface area contributed by atoms with Crippen LogP contribution in [-0.2, 0) is 16.6 Å². The van der Waals surface area contributed by atoms with E-state index in [4.69, 9.17) is 0 Å². The molecule has 0 heterocycles. The molecule has 0 saturated heterocycles. The number of benzene rings is 2. The lowest BCUT2D eigenvalue weighted by atomic mass is 10.1. The van der Waals surface area contributed by atoms with E-state index in [-0.39, 0.29) is 22.7 Å². The van der Waals surface area contributed by atoms with Crippen molar-refractivity contribution in [2.24, 2.45) is 0 Å². The first-order chi connectivity index (χ1) is 15.3. The van der Waals surface area contributed by atoms with Crippen molar-refractivity contribution < 1.29 is 8.42 Å². The van der Waals surface area contributed by atoms with Gasteiger partial charge in [0, 0.05) is 11.3 Å². The van der Waals surface area contributed by atoms with Crippen LogP contribution in [-0.4, -0.2) is 28.3 Å². The zero-order valence-electron chi connectivity index (χ0n) is 20.7. The van der Waals surface area contributed by atoms with Crippen LogP contribution >= 0.6 is 17.0 Å². The lowest BCUT2D eigenvalue weighted by Crippen LogP contribution is -2.39. The van der Waals surface area contributed by atoms with Gasteiger partial charge in [-0.3, -0.25) is 4.48 Å². The van der Waals surface area contributed by atoms with Gasteiger partial charge in [-0.2, -0.15) is 0 Å².